The molecule has 1 fully saturated rings. The van der Waals surface area contributed by atoms with E-state index < -0.39 is 24.4 Å². The van der Waals surface area contributed by atoms with Crippen molar-refractivity contribution in [3.8, 4) is 46.0 Å². The lowest BCUT2D eigenvalue weighted by Crippen LogP contribution is -2.22. The summed E-state index contributed by atoms with van der Waals surface area (Å²) in [7, 11) is 6.34. The first-order valence-electron chi connectivity index (χ1n) is 17.4. The van der Waals surface area contributed by atoms with Gasteiger partial charge in [0.1, 0.15) is 35.9 Å². The predicted molar refractivity (Wildman–Crippen MR) is 193 cm³/mol. The van der Waals surface area contributed by atoms with Crippen LogP contribution in [0.25, 0.3) is 0 Å². The Kier molecular flexibility index (Phi) is 11.2. The van der Waals surface area contributed by atoms with Crippen molar-refractivity contribution in [3.63, 3.8) is 0 Å². The van der Waals surface area contributed by atoms with Gasteiger partial charge in [-0.1, -0.05) is 32.0 Å². The van der Waals surface area contributed by atoms with E-state index in [0.717, 1.165) is 11.1 Å². The fourth-order valence-electron chi connectivity index (χ4n) is 6.87. The maximum Gasteiger partial charge on any atom is 0.231 e. The summed E-state index contributed by atoms with van der Waals surface area (Å²) < 4.78 is 52.3. The van der Waals surface area contributed by atoms with Gasteiger partial charge in [0.05, 0.1) is 40.6 Å². The van der Waals surface area contributed by atoms with E-state index in [0.29, 0.717) is 57.1 Å². The third-order valence-corrected chi connectivity index (χ3v) is 10.1. The lowest BCUT2D eigenvalue weighted by molar-refractivity contribution is 0.0271. The fourth-order valence-corrected chi connectivity index (χ4v) is 6.87. The zero-order valence-electron chi connectivity index (χ0n) is 30.8. The van der Waals surface area contributed by atoms with Crippen LogP contribution in [-0.2, 0) is 4.74 Å². The van der Waals surface area contributed by atoms with E-state index in [9.17, 15) is 10.2 Å². The number of fused-ring (bicyclic) bond motifs is 1. The smallest absolute Gasteiger partial charge is 0.231 e. The van der Waals surface area contributed by atoms with E-state index in [-0.39, 0.29) is 30.8 Å². The van der Waals surface area contributed by atoms with Crippen LogP contribution in [0.5, 0.6) is 46.0 Å². The molecule has 0 saturated carbocycles. The van der Waals surface area contributed by atoms with Gasteiger partial charge in [0.15, 0.2) is 34.5 Å². The molecule has 4 aromatic rings. The van der Waals surface area contributed by atoms with Crippen LogP contribution in [0.15, 0.2) is 72.8 Å². The zero-order valence-corrected chi connectivity index (χ0v) is 30.8. The van der Waals surface area contributed by atoms with Gasteiger partial charge in [0.25, 0.3) is 0 Å². The molecule has 0 aliphatic carbocycles. The number of hydrogen-bond acceptors (Lipinski definition) is 11. The van der Waals surface area contributed by atoms with E-state index in [4.69, 9.17) is 42.6 Å². The molecule has 2 heterocycles. The second-order valence-corrected chi connectivity index (χ2v) is 13.3. The van der Waals surface area contributed by atoms with Crippen molar-refractivity contribution in [1.82, 2.24) is 0 Å². The van der Waals surface area contributed by atoms with Gasteiger partial charge in [-0.05, 0) is 90.9 Å². The average Bonchev–Trinajstić information content (AvgIpc) is 3.76. The summed E-state index contributed by atoms with van der Waals surface area (Å²) in [6.45, 7) is 8.13. The molecule has 0 aromatic heterocycles. The van der Waals surface area contributed by atoms with Gasteiger partial charge in [0, 0.05) is 11.6 Å². The fraction of sp³-hybridized carbons (Fsp3) is 0.415. The number of aliphatic hydroxyl groups is 2. The summed E-state index contributed by atoms with van der Waals surface area (Å²) in [5.74, 6) is 4.91. The van der Waals surface area contributed by atoms with Crippen molar-refractivity contribution in [2.24, 2.45) is 11.8 Å². The summed E-state index contributed by atoms with van der Waals surface area (Å²) in [5.41, 5.74) is 3.17. The minimum absolute atomic E-state index is 0.148. The Morgan fingerprint density at radius 3 is 1.88 bits per heavy atom. The predicted octanol–water partition coefficient (Wildman–Crippen LogP) is 7.54. The second kappa shape index (κ2) is 15.8. The first-order valence-corrected chi connectivity index (χ1v) is 17.4. The highest BCUT2D eigenvalue weighted by molar-refractivity contribution is 5.48. The molecule has 0 amide bonds. The molecule has 6 rings (SSSR count). The summed E-state index contributed by atoms with van der Waals surface area (Å²) in [5, 5.41) is 22.1. The summed E-state index contributed by atoms with van der Waals surface area (Å²) in [6.07, 6.45) is -3.45. The molecule has 2 aliphatic rings. The molecule has 2 N–H and O–H groups in total. The number of hydrogen-bond donors (Lipinski definition) is 2. The normalized spacial score (nSPS) is 21.5. The van der Waals surface area contributed by atoms with Crippen LogP contribution in [0.1, 0.15) is 74.4 Å². The number of ether oxygens (including phenoxy) is 9. The molecule has 4 aromatic carbocycles. The highest BCUT2D eigenvalue weighted by Crippen LogP contribution is 2.52. The van der Waals surface area contributed by atoms with Crippen molar-refractivity contribution >= 4 is 0 Å². The molecule has 52 heavy (non-hydrogen) atoms. The van der Waals surface area contributed by atoms with Crippen LogP contribution in [0.4, 0.5) is 0 Å². The maximum absolute atomic E-state index is 11.1. The summed E-state index contributed by atoms with van der Waals surface area (Å²) in [6, 6.07) is 22.1. The SMILES string of the molecule is COc1ccc(C(O)C(C)Oc2ccc([C@H]3O[C@H](c4ccc(OC(C)C(O)c5ccc6c(c5)OCO6)c(OC)c4)[C@H](C)[C@H]3C)c(OC)c2)cc1OC. The van der Waals surface area contributed by atoms with E-state index in [1.807, 2.05) is 50.2 Å². The van der Waals surface area contributed by atoms with Gasteiger partial charge in [-0.3, -0.25) is 0 Å². The summed E-state index contributed by atoms with van der Waals surface area (Å²) in [4.78, 5) is 0. The second-order valence-electron chi connectivity index (χ2n) is 13.3. The Hall–Kier alpha value is -4.84. The average molecular weight is 717 g/mol. The minimum atomic E-state index is -0.914. The molecule has 278 valence electrons. The third kappa shape index (κ3) is 7.39. The molecule has 0 bridgehead atoms. The van der Waals surface area contributed by atoms with Gasteiger partial charge in [-0.15, -0.1) is 0 Å². The molecule has 2 aliphatic heterocycles. The van der Waals surface area contributed by atoms with Crippen LogP contribution >= 0.6 is 0 Å². The quantitative estimate of drug-likeness (QED) is 0.135. The molecule has 11 nitrogen and oxygen atoms in total. The van der Waals surface area contributed by atoms with Gasteiger partial charge in [-0.25, -0.2) is 0 Å². The Morgan fingerprint density at radius 1 is 0.577 bits per heavy atom. The first kappa shape index (κ1) is 36.9. The van der Waals surface area contributed by atoms with Crippen LogP contribution in [0, 0.1) is 11.8 Å². The van der Waals surface area contributed by atoms with Gasteiger partial charge < -0.3 is 52.8 Å². The van der Waals surface area contributed by atoms with Crippen LogP contribution < -0.4 is 37.9 Å². The topological polar surface area (TPSA) is 124 Å². The van der Waals surface area contributed by atoms with E-state index in [1.165, 1.54) is 0 Å². The van der Waals surface area contributed by atoms with Crippen LogP contribution in [0.3, 0.4) is 0 Å². The molecule has 1 saturated heterocycles. The first-order chi connectivity index (χ1) is 25.1. The third-order valence-electron chi connectivity index (χ3n) is 10.1. The van der Waals surface area contributed by atoms with Crippen LogP contribution in [-0.4, -0.2) is 57.7 Å². The highest BCUT2D eigenvalue weighted by Gasteiger charge is 2.42. The number of methoxy groups -OCH3 is 4. The van der Waals surface area contributed by atoms with Gasteiger partial charge in [-0.2, -0.15) is 0 Å². The van der Waals surface area contributed by atoms with E-state index >= 15 is 0 Å². The minimum Gasteiger partial charge on any atom is -0.496 e. The van der Waals surface area contributed by atoms with Crippen molar-refractivity contribution in [1.29, 1.82) is 0 Å². The standard InChI is InChI=1S/C41H48O11/c1-22-23(2)41(30-13-12-29(20-34(30)45-6)50-24(3)38(42)26-9-14-31(44-5)35(17-26)46-7)52-40(22)28-11-16-33(36(19-28)47-8)51-25(4)39(43)27-10-15-32-37(18-27)49-21-48-32/h9-20,22-25,38-43H,21H2,1-8H3/t22-,23-,24?,25?,38?,39?,40+,41+/m1/s1. The lowest BCUT2D eigenvalue weighted by atomic mass is 9.85. The lowest BCUT2D eigenvalue weighted by Gasteiger charge is -2.24. The molecule has 8 atom stereocenters. The Balaban J connectivity index is 1.14. The molecule has 4 unspecified atom stereocenters. The zero-order chi connectivity index (χ0) is 37.1. The molecular formula is C41H48O11. The molecule has 0 radical (unpaired) electrons. The Bertz CT molecular complexity index is 1840. The van der Waals surface area contributed by atoms with Crippen molar-refractivity contribution in [2.75, 3.05) is 35.2 Å². The molecule has 11 heteroatoms. The van der Waals surface area contributed by atoms with Crippen molar-refractivity contribution in [3.05, 3.63) is 95.1 Å². The Labute approximate surface area is 304 Å². The molecular weight excluding hydrogens is 668 g/mol. The highest BCUT2D eigenvalue weighted by atomic mass is 16.7. The van der Waals surface area contributed by atoms with Gasteiger partial charge >= 0.3 is 0 Å². The Morgan fingerprint density at radius 2 is 1.17 bits per heavy atom. The summed E-state index contributed by atoms with van der Waals surface area (Å²) >= 11 is 0. The van der Waals surface area contributed by atoms with Crippen molar-refractivity contribution < 1.29 is 52.8 Å². The van der Waals surface area contributed by atoms with Crippen LogP contribution in [0.2, 0.25) is 0 Å². The monoisotopic (exact) mass is 716 g/mol. The maximum atomic E-state index is 11.1. The number of rotatable bonds is 14. The van der Waals surface area contributed by atoms with E-state index in [1.54, 1.807) is 64.8 Å². The van der Waals surface area contributed by atoms with E-state index in [2.05, 4.69) is 13.8 Å². The molecule has 0 spiro atoms. The number of aliphatic hydroxyl groups excluding tert-OH is 2. The van der Waals surface area contributed by atoms with Gasteiger partial charge in [0.2, 0.25) is 6.79 Å². The largest absolute Gasteiger partial charge is 0.496 e. The van der Waals surface area contributed by atoms with Crippen molar-refractivity contribution in [2.45, 2.75) is 64.3 Å². The number of benzene rings is 4.